The molecule has 7 heteroatoms. The molecule has 3 heterocycles. The van der Waals surface area contributed by atoms with Gasteiger partial charge in [0.15, 0.2) is 6.04 Å². The van der Waals surface area contributed by atoms with Crippen molar-refractivity contribution in [1.29, 1.82) is 0 Å². The third kappa shape index (κ3) is 3.45. The van der Waals surface area contributed by atoms with Gasteiger partial charge in [-0.2, -0.15) is 0 Å². The number of hydrogen-bond donors (Lipinski definition) is 2. The second-order valence-electron chi connectivity index (χ2n) is 9.17. The summed E-state index contributed by atoms with van der Waals surface area (Å²) in [4.78, 5) is 17.9. The molecule has 1 aromatic carbocycles. The van der Waals surface area contributed by atoms with E-state index >= 15 is 0 Å². The Morgan fingerprint density at radius 3 is 2.60 bits per heavy atom. The predicted molar refractivity (Wildman–Crippen MR) is 116 cm³/mol. The maximum Gasteiger partial charge on any atom is 0.258 e. The number of aryl methyl sites for hydroxylation is 2. The third-order valence-electron chi connectivity index (χ3n) is 6.98. The van der Waals surface area contributed by atoms with Crippen LogP contribution in [0.15, 0.2) is 23.0 Å². The minimum atomic E-state index is -0.126. The van der Waals surface area contributed by atoms with Gasteiger partial charge < -0.3 is 9.88 Å². The van der Waals surface area contributed by atoms with Crippen LogP contribution in [-0.4, -0.2) is 38.3 Å². The van der Waals surface area contributed by atoms with Crippen molar-refractivity contribution in [2.75, 3.05) is 13.1 Å². The van der Waals surface area contributed by atoms with Crippen molar-refractivity contribution in [3.8, 4) is 0 Å². The molecule has 5 rings (SSSR count). The Kier molecular flexibility index (Phi) is 5.15. The first-order chi connectivity index (χ1) is 14.6. The van der Waals surface area contributed by atoms with Gasteiger partial charge in [0.1, 0.15) is 0 Å². The number of benzene rings is 1. The summed E-state index contributed by atoms with van der Waals surface area (Å²) in [6, 6.07) is 6.58. The SMILES string of the molecule is Cc1cc(C)c2[nH]c(=O)c([C@H](c3nnnn3C3CCCCC3)[NH+]3CCCC3)cc2c1. The maximum atomic E-state index is 13.3. The second kappa shape index (κ2) is 7.95. The first-order valence-corrected chi connectivity index (χ1v) is 11.4. The summed E-state index contributed by atoms with van der Waals surface area (Å²) in [5.41, 5.74) is 4.01. The lowest BCUT2D eigenvalue weighted by atomic mass is 9.95. The molecule has 7 nitrogen and oxygen atoms in total. The summed E-state index contributed by atoms with van der Waals surface area (Å²) in [5.74, 6) is 0.855. The van der Waals surface area contributed by atoms with Gasteiger partial charge in [-0.25, -0.2) is 4.68 Å². The normalized spacial score (nSPS) is 19.5. The Morgan fingerprint density at radius 1 is 1.07 bits per heavy atom. The van der Waals surface area contributed by atoms with Crippen LogP contribution in [0.3, 0.4) is 0 Å². The lowest BCUT2D eigenvalue weighted by Gasteiger charge is -2.27. The molecule has 1 saturated carbocycles. The highest BCUT2D eigenvalue weighted by atomic mass is 16.1. The third-order valence-corrected chi connectivity index (χ3v) is 6.98. The Balaban J connectivity index is 1.66. The van der Waals surface area contributed by atoms with Crippen molar-refractivity contribution in [2.45, 2.75) is 70.9 Å². The molecule has 0 amide bonds. The van der Waals surface area contributed by atoms with Gasteiger partial charge in [-0.3, -0.25) is 4.79 Å². The molecule has 1 saturated heterocycles. The van der Waals surface area contributed by atoms with E-state index in [0.29, 0.717) is 6.04 Å². The fourth-order valence-electron chi connectivity index (χ4n) is 5.55. The molecular formula is C23H31N6O+. The monoisotopic (exact) mass is 407 g/mol. The Morgan fingerprint density at radius 2 is 1.83 bits per heavy atom. The number of quaternary nitrogens is 1. The summed E-state index contributed by atoms with van der Waals surface area (Å²) in [7, 11) is 0. The standard InChI is InChI=1S/C23H30N6O/c1-15-12-16(2)20-17(13-15)14-19(23(30)24-20)21(28-10-6-7-11-28)22-25-26-27-29(22)18-8-4-3-5-9-18/h12-14,18,21H,3-11H2,1-2H3,(H,24,30)/p+1/t21-/m1/s1. The van der Waals surface area contributed by atoms with Gasteiger partial charge in [-0.05, 0) is 60.2 Å². The molecular weight excluding hydrogens is 376 g/mol. The molecule has 1 aliphatic heterocycles. The fraction of sp³-hybridized carbons (Fsp3) is 0.565. The number of nitrogens with zero attached hydrogens (tertiary/aromatic N) is 4. The van der Waals surface area contributed by atoms with Gasteiger partial charge >= 0.3 is 0 Å². The van der Waals surface area contributed by atoms with Crippen LogP contribution < -0.4 is 10.5 Å². The fourth-order valence-corrected chi connectivity index (χ4v) is 5.55. The lowest BCUT2D eigenvalue weighted by molar-refractivity contribution is -0.914. The van der Waals surface area contributed by atoms with Crippen LogP contribution in [0.25, 0.3) is 10.9 Å². The zero-order valence-electron chi connectivity index (χ0n) is 17.9. The largest absolute Gasteiger partial charge is 0.322 e. The molecule has 158 valence electrons. The number of H-pyrrole nitrogens is 1. The number of nitrogens with one attached hydrogen (secondary N) is 2. The van der Waals surface area contributed by atoms with Crippen LogP contribution in [0.5, 0.6) is 0 Å². The molecule has 0 bridgehead atoms. The van der Waals surface area contributed by atoms with Crippen LogP contribution in [0, 0.1) is 13.8 Å². The van der Waals surface area contributed by atoms with Crippen molar-refractivity contribution < 1.29 is 4.90 Å². The van der Waals surface area contributed by atoms with Gasteiger partial charge in [0.2, 0.25) is 5.82 Å². The average molecular weight is 408 g/mol. The number of tetrazole rings is 1. The molecule has 2 fully saturated rings. The highest BCUT2D eigenvalue weighted by Crippen LogP contribution is 2.30. The van der Waals surface area contributed by atoms with E-state index in [4.69, 9.17) is 0 Å². The quantitative estimate of drug-likeness (QED) is 0.696. The molecule has 30 heavy (non-hydrogen) atoms. The summed E-state index contributed by atoms with van der Waals surface area (Å²) < 4.78 is 2.04. The zero-order chi connectivity index (χ0) is 20.7. The molecule has 1 aliphatic carbocycles. The minimum absolute atomic E-state index is 0.0166. The first kappa shape index (κ1) is 19.4. The Hall–Kier alpha value is -2.54. The number of hydrogen-bond acceptors (Lipinski definition) is 4. The Bertz CT molecular complexity index is 1100. The second-order valence-corrected chi connectivity index (χ2v) is 9.17. The van der Waals surface area contributed by atoms with Crippen LogP contribution >= 0.6 is 0 Å². The van der Waals surface area contributed by atoms with Gasteiger partial charge in [0.25, 0.3) is 5.56 Å². The van der Waals surface area contributed by atoms with Gasteiger partial charge in [-0.15, -0.1) is 5.10 Å². The van der Waals surface area contributed by atoms with E-state index in [1.807, 2.05) is 4.68 Å². The zero-order valence-corrected chi connectivity index (χ0v) is 17.9. The summed E-state index contributed by atoms with van der Waals surface area (Å²) in [6.45, 7) is 6.25. The van der Waals surface area contributed by atoms with E-state index in [1.165, 1.54) is 42.6 Å². The van der Waals surface area contributed by atoms with E-state index in [9.17, 15) is 4.79 Å². The lowest BCUT2D eigenvalue weighted by Crippen LogP contribution is -3.10. The van der Waals surface area contributed by atoms with E-state index in [0.717, 1.165) is 53.8 Å². The van der Waals surface area contributed by atoms with Gasteiger partial charge in [0, 0.05) is 12.8 Å². The number of pyridine rings is 1. The molecule has 3 aromatic rings. The number of aromatic nitrogens is 5. The highest BCUT2D eigenvalue weighted by molar-refractivity contribution is 5.83. The Labute approximate surface area is 176 Å². The van der Waals surface area contributed by atoms with Crippen molar-refractivity contribution in [2.24, 2.45) is 0 Å². The van der Waals surface area contributed by atoms with E-state index in [-0.39, 0.29) is 11.6 Å². The number of likely N-dealkylation sites (tertiary alicyclic amines) is 1. The minimum Gasteiger partial charge on any atom is -0.322 e. The van der Waals surface area contributed by atoms with Crippen LogP contribution in [0.1, 0.15) is 79.5 Å². The molecule has 2 aliphatic rings. The molecule has 2 N–H and O–H groups in total. The number of rotatable bonds is 4. The molecule has 0 radical (unpaired) electrons. The average Bonchev–Trinajstić information content (AvgIpc) is 3.43. The van der Waals surface area contributed by atoms with Crippen molar-refractivity contribution in [1.82, 2.24) is 25.2 Å². The van der Waals surface area contributed by atoms with Crippen LogP contribution in [-0.2, 0) is 0 Å². The summed E-state index contributed by atoms with van der Waals surface area (Å²) in [5, 5.41) is 14.1. The summed E-state index contributed by atoms with van der Waals surface area (Å²) >= 11 is 0. The van der Waals surface area contributed by atoms with E-state index in [1.54, 1.807) is 0 Å². The smallest absolute Gasteiger partial charge is 0.258 e. The van der Waals surface area contributed by atoms with Crippen LogP contribution in [0.4, 0.5) is 0 Å². The predicted octanol–water partition coefficient (Wildman–Crippen LogP) is 2.40. The maximum absolute atomic E-state index is 13.3. The van der Waals surface area contributed by atoms with Crippen molar-refractivity contribution >= 4 is 10.9 Å². The first-order valence-electron chi connectivity index (χ1n) is 11.4. The van der Waals surface area contributed by atoms with Crippen LogP contribution in [0.2, 0.25) is 0 Å². The molecule has 0 spiro atoms. The van der Waals surface area contributed by atoms with Gasteiger partial charge in [-0.1, -0.05) is 30.9 Å². The molecule has 0 unspecified atom stereocenters. The van der Waals surface area contributed by atoms with Gasteiger partial charge in [0.05, 0.1) is 30.2 Å². The topological polar surface area (TPSA) is 80.9 Å². The number of aromatic amines is 1. The molecule has 1 atom stereocenters. The van der Waals surface area contributed by atoms with E-state index < -0.39 is 0 Å². The summed E-state index contributed by atoms with van der Waals surface area (Å²) in [6.07, 6.45) is 8.33. The highest BCUT2D eigenvalue weighted by Gasteiger charge is 2.37. The number of fused-ring (bicyclic) bond motifs is 1. The van der Waals surface area contributed by atoms with E-state index in [2.05, 4.69) is 52.6 Å². The van der Waals surface area contributed by atoms with Crippen molar-refractivity contribution in [3.63, 3.8) is 0 Å². The molecule has 2 aromatic heterocycles. The van der Waals surface area contributed by atoms with Crippen molar-refractivity contribution in [3.05, 3.63) is 51.1 Å².